The lowest BCUT2D eigenvalue weighted by Gasteiger charge is -2.36. The minimum Gasteiger partial charge on any atom is -0.351 e. The summed E-state index contributed by atoms with van der Waals surface area (Å²) < 4.78 is 15.2. The van der Waals surface area contributed by atoms with E-state index in [1.54, 1.807) is 16.8 Å². The van der Waals surface area contributed by atoms with Crippen LogP contribution >= 0.6 is 11.8 Å². The first kappa shape index (κ1) is 18.5. The molecule has 1 aliphatic heterocycles. The first-order valence-electron chi connectivity index (χ1n) is 8.95. The van der Waals surface area contributed by atoms with Crippen molar-refractivity contribution in [2.75, 3.05) is 16.9 Å². The fraction of sp³-hybridized carbons (Fsp3) is 0.250. The maximum atomic E-state index is 13.5. The molecule has 6 nitrogen and oxygen atoms in total. The van der Waals surface area contributed by atoms with Crippen LogP contribution in [-0.2, 0) is 4.79 Å². The van der Waals surface area contributed by atoms with E-state index in [9.17, 15) is 9.18 Å². The molecular weight excluding hydrogens is 377 g/mol. The second kappa shape index (κ2) is 7.63. The van der Waals surface area contributed by atoms with Crippen LogP contribution in [0.25, 0.3) is 0 Å². The quantitative estimate of drug-likeness (QED) is 0.656. The average Bonchev–Trinajstić information content (AvgIpc) is 3.11. The van der Waals surface area contributed by atoms with Crippen LogP contribution in [0.4, 0.5) is 16.0 Å². The van der Waals surface area contributed by atoms with E-state index in [-0.39, 0.29) is 17.8 Å². The number of nitrogens with one attached hydrogen (secondary N) is 2. The summed E-state index contributed by atoms with van der Waals surface area (Å²) in [6.07, 6.45) is 1.90. The lowest BCUT2D eigenvalue weighted by molar-refractivity contribution is -0.121. The van der Waals surface area contributed by atoms with E-state index in [2.05, 4.69) is 20.7 Å². The number of thioether (sulfide) groups is 1. The van der Waals surface area contributed by atoms with Gasteiger partial charge in [0.05, 0.1) is 12.0 Å². The molecule has 2 N–H and O–H groups in total. The van der Waals surface area contributed by atoms with Crippen molar-refractivity contribution in [1.29, 1.82) is 0 Å². The molecule has 1 aromatic heterocycles. The summed E-state index contributed by atoms with van der Waals surface area (Å²) in [7, 11) is 0. The van der Waals surface area contributed by atoms with Crippen molar-refractivity contribution >= 4 is 29.3 Å². The van der Waals surface area contributed by atoms with Crippen LogP contribution in [0.15, 0.2) is 59.8 Å². The van der Waals surface area contributed by atoms with Crippen molar-refractivity contribution < 1.29 is 9.18 Å². The van der Waals surface area contributed by atoms with Crippen molar-refractivity contribution in [2.24, 2.45) is 5.92 Å². The van der Waals surface area contributed by atoms with Gasteiger partial charge in [-0.2, -0.15) is 4.98 Å². The van der Waals surface area contributed by atoms with Crippen LogP contribution in [0, 0.1) is 11.7 Å². The highest BCUT2D eigenvalue weighted by atomic mass is 32.2. The number of amides is 1. The Morgan fingerprint density at radius 3 is 2.57 bits per heavy atom. The van der Waals surface area contributed by atoms with Crippen LogP contribution in [0.2, 0.25) is 0 Å². The third kappa shape index (κ3) is 3.47. The van der Waals surface area contributed by atoms with Gasteiger partial charge in [-0.3, -0.25) is 4.79 Å². The number of hydrogen-bond acceptors (Lipinski definition) is 5. The summed E-state index contributed by atoms with van der Waals surface area (Å²) in [6, 6.07) is 14.9. The van der Waals surface area contributed by atoms with Gasteiger partial charge in [-0.05, 0) is 43.0 Å². The van der Waals surface area contributed by atoms with Crippen molar-refractivity contribution in [2.45, 2.75) is 24.2 Å². The first-order chi connectivity index (χ1) is 13.6. The van der Waals surface area contributed by atoms with Gasteiger partial charge in [0.2, 0.25) is 17.0 Å². The highest BCUT2D eigenvalue weighted by Gasteiger charge is 2.42. The molecule has 1 amide bonds. The number of hydrogen-bond donors (Lipinski definition) is 2. The Bertz CT molecular complexity index is 976. The predicted molar refractivity (Wildman–Crippen MR) is 108 cm³/mol. The maximum Gasteiger partial charge on any atom is 0.232 e. The Morgan fingerprint density at radius 1 is 1.18 bits per heavy atom. The minimum absolute atomic E-state index is 0.132. The number of para-hydroxylation sites is 1. The molecule has 0 saturated heterocycles. The van der Waals surface area contributed by atoms with E-state index in [4.69, 9.17) is 0 Å². The van der Waals surface area contributed by atoms with Crippen LogP contribution in [0.1, 0.15) is 18.5 Å². The molecule has 0 bridgehead atoms. The number of nitrogens with zero attached hydrogens (tertiary/aromatic N) is 3. The smallest absolute Gasteiger partial charge is 0.232 e. The molecule has 1 aliphatic rings. The molecule has 2 heterocycles. The topological polar surface area (TPSA) is 71.8 Å². The number of fused-ring (bicyclic) bond motifs is 1. The molecule has 4 rings (SSSR count). The Labute approximate surface area is 166 Å². The Kier molecular flexibility index (Phi) is 5.04. The van der Waals surface area contributed by atoms with Gasteiger partial charge in [0, 0.05) is 11.7 Å². The summed E-state index contributed by atoms with van der Waals surface area (Å²) in [5, 5.41) is 11.4. The van der Waals surface area contributed by atoms with Gasteiger partial charge in [0.25, 0.3) is 0 Å². The third-order valence-corrected chi connectivity index (χ3v) is 5.39. The summed E-state index contributed by atoms with van der Waals surface area (Å²) in [6.45, 7) is 1.95. The van der Waals surface area contributed by atoms with Gasteiger partial charge in [-0.15, -0.1) is 5.10 Å². The maximum absolute atomic E-state index is 13.5. The fourth-order valence-electron chi connectivity index (χ4n) is 3.53. The number of aromatic nitrogens is 3. The Morgan fingerprint density at radius 2 is 1.89 bits per heavy atom. The molecule has 28 heavy (non-hydrogen) atoms. The number of rotatable bonds is 4. The highest BCUT2D eigenvalue weighted by molar-refractivity contribution is 7.98. The molecule has 3 atom stereocenters. The van der Waals surface area contributed by atoms with Gasteiger partial charge >= 0.3 is 0 Å². The van der Waals surface area contributed by atoms with Gasteiger partial charge in [0.15, 0.2) is 0 Å². The minimum atomic E-state index is -0.463. The molecule has 0 fully saturated rings. The molecule has 3 aromatic rings. The fourth-order valence-corrected chi connectivity index (χ4v) is 3.87. The summed E-state index contributed by atoms with van der Waals surface area (Å²) in [5.74, 6) is -0.309. The zero-order valence-electron chi connectivity index (χ0n) is 15.5. The molecule has 0 saturated carbocycles. The largest absolute Gasteiger partial charge is 0.351 e. The van der Waals surface area contributed by atoms with Gasteiger partial charge in [0.1, 0.15) is 5.82 Å². The molecule has 0 radical (unpaired) electrons. The molecular formula is C20H20FN5OS. The van der Waals surface area contributed by atoms with Crippen LogP contribution < -0.4 is 10.6 Å². The highest BCUT2D eigenvalue weighted by Crippen LogP contribution is 2.37. The van der Waals surface area contributed by atoms with Crippen LogP contribution in [0.3, 0.4) is 0 Å². The second-order valence-electron chi connectivity index (χ2n) is 6.68. The Hall–Kier alpha value is -2.87. The zero-order valence-corrected chi connectivity index (χ0v) is 16.3. The summed E-state index contributed by atoms with van der Waals surface area (Å²) >= 11 is 1.43. The van der Waals surface area contributed by atoms with Crippen molar-refractivity contribution in [3.8, 4) is 0 Å². The Balaban J connectivity index is 1.76. The molecule has 0 aliphatic carbocycles. The van der Waals surface area contributed by atoms with E-state index in [0.717, 1.165) is 11.3 Å². The first-order valence-corrected chi connectivity index (χ1v) is 10.2. The SMILES string of the molecule is CSc1nc2n(n1)C(c1ccc(F)cc1)C(C(=O)Nc1ccccc1)C(C)N2. The molecule has 0 spiro atoms. The monoisotopic (exact) mass is 397 g/mol. The van der Waals surface area contributed by atoms with E-state index in [1.165, 1.54) is 23.9 Å². The molecule has 8 heteroatoms. The van der Waals surface area contributed by atoms with Gasteiger partial charge in [-0.25, -0.2) is 9.07 Å². The normalized spacial score (nSPS) is 20.9. The van der Waals surface area contributed by atoms with Crippen molar-refractivity contribution in [3.05, 3.63) is 66.0 Å². The number of carbonyl (C=O) groups is 1. The number of benzene rings is 2. The van der Waals surface area contributed by atoms with E-state index >= 15 is 0 Å². The zero-order chi connectivity index (χ0) is 19.7. The standard InChI is InChI=1S/C20H20FN5OS/c1-12-16(18(27)23-15-6-4-3-5-7-15)17(13-8-10-14(21)11-9-13)26-19(22-12)24-20(25-26)28-2/h3-12,16-17H,1-2H3,(H,23,27)(H,22,24,25). The summed E-state index contributed by atoms with van der Waals surface area (Å²) in [4.78, 5) is 17.7. The number of anilines is 2. The number of carbonyl (C=O) groups excluding carboxylic acids is 1. The third-order valence-electron chi connectivity index (χ3n) is 4.85. The van der Waals surface area contributed by atoms with E-state index in [0.29, 0.717) is 11.1 Å². The van der Waals surface area contributed by atoms with E-state index in [1.807, 2.05) is 43.5 Å². The summed E-state index contributed by atoms with van der Waals surface area (Å²) in [5.41, 5.74) is 1.54. The van der Waals surface area contributed by atoms with Crippen LogP contribution in [-0.4, -0.2) is 33.0 Å². The average molecular weight is 397 g/mol. The molecule has 2 aromatic carbocycles. The second-order valence-corrected chi connectivity index (χ2v) is 7.45. The predicted octanol–water partition coefficient (Wildman–Crippen LogP) is 3.80. The molecule has 144 valence electrons. The van der Waals surface area contributed by atoms with Crippen molar-refractivity contribution in [3.63, 3.8) is 0 Å². The lowest BCUT2D eigenvalue weighted by atomic mass is 9.85. The van der Waals surface area contributed by atoms with Crippen LogP contribution in [0.5, 0.6) is 0 Å². The van der Waals surface area contributed by atoms with Crippen molar-refractivity contribution in [1.82, 2.24) is 14.8 Å². The van der Waals surface area contributed by atoms with Gasteiger partial charge in [-0.1, -0.05) is 42.1 Å². The van der Waals surface area contributed by atoms with E-state index < -0.39 is 12.0 Å². The van der Waals surface area contributed by atoms with Gasteiger partial charge < -0.3 is 10.6 Å². The lowest BCUT2D eigenvalue weighted by Crippen LogP contribution is -2.46. The molecule has 3 unspecified atom stereocenters. The number of halogens is 1.